The van der Waals surface area contributed by atoms with E-state index in [4.69, 9.17) is 0 Å². The van der Waals surface area contributed by atoms with Crippen molar-refractivity contribution in [3.05, 3.63) is 36.2 Å². The molecular formula is C16H24N2. The first-order valence-electron chi connectivity index (χ1n) is 6.65. The van der Waals surface area contributed by atoms with Crippen molar-refractivity contribution in [2.75, 3.05) is 19.0 Å². The van der Waals surface area contributed by atoms with Crippen LogP contribution in [-0.2, 0) is 0 Å². The average molecular weight is 244 g/mol. The maximum Gasteiger partial charge on any atom is 0.0507 e. The van der Waals surface area contributed by atoms with Gasteiger partial charge in [0.15, 0.2) is 0 Å². The van der Waals surface area contributed by atoms with Crippen LogP contribution in [0.3, 0.4) is 0 Å². The maximum atomic E-state index is 4.47. The third-order valence-electron chi connectivity index (χ3n) is 2.84. The number of rotatable bonds is 2. The fourth-order valence-corrected chi connectivity index (χ4v) is 1.93. The van der Waals surface area contributed by atoms with Gasteiger partial charge in [-0.2, -0.15) is 0 Å². The number of hydrogen-bond acceptors (Lipinski definition) is 2. The molecule has 0 spiro atoms. The van der Waals surface area contributed by atoms with Crippen molar-refractivity contribution in [3.63, 3.8) is 0 Å². The molecule has 18 heavy (non-hydrogen) atoms. The van der Waals surface area contributed by atoms with Crippen molar-refractivity contribution in [1.82, 2.24) is 4.98 Å². The van der Waals surface area contributed by atoms with Crippen LogP contribution in [0.25, 0.3) is 10.8 Å². The normalized spacial score (nSPS) is 10.2. The molecule has 0 fully saturated rings. The lowest BCUT2D eigenvalue weighted by Crippen LogP contribution is -2.08. The van der Waals surface area contributed by atoms with E-state index in [9.17, 15) is 0 Å². The van der Waals surface area contributed by atoms with E-state index in [-0.39, 0.29) is 0 Å². The average Bonchev–Trinajstić information content (AvgIpc) is 2.39. The molecule has 0 radical (unpaired) electrons. The summed E-state index contributed by atoms with van der Waals surface area (Å²) in [5, 5.41) is 2.54. The fraction of sp³-hybridized carbons (Fsp3) is 0.438. The van der Waals surface area contributed by atoms with Crippen LogP contribution >= 0.6 is 0 Å². The van der Waals surface area contributed by atoms with Crippen LogP contribution in [-0.4, -0.2) is 19.1 Å². The van der Waals surface area contributed by atoms with Crippen LogP contribution in [0.4, 0.5) is 5.69 Å². The number of anilines is 1. The molecule has 1 aromatic carbocycles. The molecule has 0 amide bonds. The quantitative estimate of drug-likeness (QED) is 0.776. The lowest BCUT2D eigenvalue weighted by molar-refractivity contribution is 0.834. The van der Waals surface area contributed by atoms with Gasteiger partial charge in [-0.1, -0.05) is 33.8 Å². The molecule has 0 saturated carbocycles. The van der Waals surface area contributed by atoms with Crippen LogP contribution in [0.5, 0.6) is 0 Å². The zero-order valence-corrected chi connectivity index (χ0v) is 12.4. The number of benzene rings is 1. The van der Waals surface area contributed by atoms with Crippen molar-refractivity contribution in [1.29, 1.82) is 0 Å². The van der Waals surface area contributed by atoms with E-state index in [2.05, 4.69) is 62.1 Å². The first-order chi connectivity index (χ1) is 8.59. The zero-order chi connectivity index (χ0) is 13.7. The van der Waals surface area contributed by atoms with Gasteiger partial charge in [-0.3, -0.25) is 4.98 Å². The van der Waals surface area contributed by atoms with Crippen molar-refractivity contribution < 1.29 is 0 Å². The molecule has 0 N–H and O–H groups in total. The highest BCUT2D eigenvalue weighted by molar-refractivity contribution is 5.87. The van der Waals surface area contributed by atoms with Crippen LogP contribution in [0.1, 0.15) is 39.3 Å². The van der Waals surface area contributed by atoms with E-state index in [0.717, 1.165) is 0 Å². The molecule has 2 aromatic rings. The van der Waals surface area contributed by atoms with Crippen molar-refractivity contribution in [2.45, 2.75) is 33.6 Å². The van der Waals surface area contributed by atoms with E-state index < -0.39 is 0 Å². The summed E-state index contributed by atoms with van der Waals surface area (Å²) < 4.78 is 0. The van der Waals surface area contributed by atoms with Gasteiger partial charge < -0.3 is 4.90 Å². The molecule has 2 rings (SSSR count). The molecule has 0 aliphatic carbocycles. The topological polar surface area (TPSA) is 16.1 Å². The minimum atomic E-state index is 0.467. The molecule has 1 heterocycles. The second-order valence-electron chi connectivity index (χ2n) is 4.65. The predicted octanol–water partition coefficient (Wildman–Crippen LogP) is 4.45. The van der Waals surface area contributed by atoms with Gasteiger partial charge in [-0.05, 0) is 29.5 Å². The summed E-state index contributed by atoms with van der Waals surface area (Å²) >= 11 is 0. The molecule has 0 aliphatic heterocycles. The first-order valence-corrected chi connectivity index (χ1v) is 6.65. The molecular weight excluding hydrogens is 220 g/mol. The Labute approximate surface area is 111 Å². The Morgan fingerprint density at radius 2 is 1.72 bits per heavy atom. The fourth-order valence-electron chi connectivity index (χ4n) is 1.93. The second-order valence-corrected chi connectivity index (χ2v) is 4.65. The van der Waals surface area contributed by atoms with Crippen LogP contribution in [0, 0.1) is 0 Å². The Kier molecular flexibility index (Phi) is 5.14. The van der Waals surface area contributed by atoms with Crippen molar-refractivity contribution in [2.24, 2.45) is 0 Å². The van der Waals surface area contributed by atoms with Gasteiger partial charge in [0.25, 0.3) is 0 Å². The lowest BCUT2D eigenvalue weighted by atomic mass is 10.0. The predicted molar refractivity (Wildman–Crippen MR) is 81.5 cm³/mol. The summed E-state index contributed by atoms with van der Waals surface area (Å²) in [5.74, 6) is 0.467. The van der Waals surface area contributed by atoms with Gasteiger partial charge in [0, 0.05) is 31.4 Å². The summed E-state index contributed by atoms with van der Waals surface area (Å²) in [6.45, 7) is 8.36. The summed E-state index contributed by atoms with van der Waals surface area (Å²) in [6.07, 6.45) is 1.90. The monoisotopic (exact) mass is 244 g/mol. The highest BCUT2D eigenvalue weighted by Gasteiger charge is 2.07. The Morgan fingerprint density at radius 1 is 1.06 bits per heavy atom. The van der Waals surface area contributed by atoms with Gasteiger partial charge in [0.2, 0.25) is 0 Å². The van der Waals surface area contributed by atoms with Crippen LogP contribution in [0.2, 0.25) is 0 Å². The summed E-state index contributed by atoms with van der Waals surface area (Å²) in [5.41, 5.74) is 2.41. The molecule has 2 heteroatoms. The smallest absolute Gasteiger partial charge is 0.0507 e. The number of pyridine rings is 1. The Morgan fingerprint density at radius 3 is 2.28 bits per heavy atom. The number of aromatic nitrogens is 1. The summed E-state index contributed by atoms with van der Waals surface area (Å²) in [4.78, 5) is 6.59. The summed E-state index contributed by atoms with van der Waals surface area (Å²) in [6, 6.07) is 8.61. The zero-order valence-electron chi connectivity index (χ0n) is 12.4. The van der Waals surface area contributed by atoms with E-state index in [1.54, 1.807) is 0 Å². The van der Waals surface area contributed by atoms with Crippen LogP contribution < -0.4 is 4.90 Å². The molecule has 0 bridgehead atoms. The SMILES string of the molecule is CC.CC(C)c1nccc2cc(N(C)C)ccc12. The van der Waals surface area contributed by atoms with Crippen LogP contribution in [0.15, 0.2) is 30.5 Å². The Hall–Kier alpha value is -1.57. The Balaban J connectivity index is 0.000000771. The standard InChI is InChI=1S/C14H18N2.C2H6/c1-10(2)14-13-6-5-12(16(3)4)9-11(13)7-8-15-14;1-2/h5-10H,1-4H3;1-2H3. The molecule has 1 aromatic heterocycles. The molecule has 98 valence electrons. The van der Waals surface area contributed by atoms with E-state index in [1.807, 2.05) is 20.0 Å². The number of nitrogens with zero attached hydrogens (tertiary/aromatic N) is 2. The highest BCUT2D eigenvalue weighted by Crippen LogP contribution is 2.26. The molecule has 0 atom stereocenters. The summed E-state index contributed by atoms with van der Waals surface area (Å²) in [7, 11) is 4.12. The van der Waals surface area contributed by atoms with Gasteiger partial charge in [0.1, 0.15) is 0 Å². The minimum absolute atomic E-state index is 0.467. The molecule has 0 unspecified atom stereocenters. The van der Waals surface area contributed by atoms with Crippen molar-refractivity contribution >= 4 is 16.5 Å². The molecule has 2 nitrogen and oxygen atoms in total. The lowest BCUT2D eigenvalue weighted by Gasteiger charge is -2.14. The Bertz CT molecular complexity index is 501. The first kappa shape index (κ1) is 14.5. The molecule has 0 aliphatic rings. The highest BCUT2D eigenvalue weighted by atomic mass is 15.1. The second kappa shape index (κ2) is 6.39. The molecule has 0 saturated heterocycles. The number of hydrogen-bond donors (Lipinski definition) is 0. The third kappa shape index (κ3) is 3.00. The van der Waals surface area contributed by atoms with Gasteiger partial charge in [-0.25, -0.2) is 0 Å². The van der Waals surface area contributed by atoms with E-state index >= 15 is 0 Å². The third-order valence-corrected chi connectivity index (χ3v) is 2.84. The van der Waals surface area contributed by atoms with E-state index in [1.165, 1.54) is 22.2 Å². The van der Waals surface area contributed by atoms with Gasteiger partial charge >= 0.3 is 0 Å². The van der Waals surface area contributed by atoms with E-state index in [0.29, 0.717) is 5.92 Å². The maximum absolute atomic E-state index is 4.47. The minimum Gasteiger partial charge on any atom is -0.378 e. The van der Waals surface area contributed by atoms with Gasteiger partial charge in [-0.15, -0.1) is 0 Å². The largest absolute Gasteiger partial charge is 0.378 e. The van der Waals surface area contributed by atoms with Crippen molar-refractivity contribution in [3.8, 4) is 0 Å². The number of fused-ring (bicyclic) bond motifs is 1. The van der Waals surface area contributed by atoms with Gasteiger partial charge in [0.05, 0.1) is 5.69 Å².